The van der Waals surface area contributed by atoms with E-state index in [9.17, 15) is 8.60 Å². The molecule has 2 atom stereocenters. The van der Waals surface area contributed by atoms with Crippen LogP contribution in [0, 0.1) is 32.0 Å². The van der Waals surface area contributed by atoms with Crippen LogP contribution in [0.4, 0.5) is 10.3 Å². The Labute approximate surface area is 281 Å². The van der Waals surface area contributed by atoms with Crippen molar-refractivity contribution < 1.29 is 53.5 Å². The summed E-state index contributed by atoms with van der Waals surface area (Å²) in [6.07, 6.45) is 14.6. The number of rotatable bonds is 9. The van der Waals surface area contributed by atoms with Crippen LogP contribution in [0.1, 0.15) is 54.3 Å². The first-order valence-electron chi connectivity index (χ1n) is 16.2. The van der Waals surface area contributed by atoms with Crippen molar-refractivity contribution in [2.45, 2.75) is 31.4 Å². The summed E-state index contributed by atoms with van der Waals surface area (Å²) in [5.41, 5.74) is 1.87. The topological polar surface area (TPSA) is 108 Å². The van der Waals surface area contributed by atoms with Crippen LogP contribution in [0.2, 0.25) is 0 Å². The van der Waals surface area contributed by atoms with Crippen LogP contribution < -0.4 is 44.2 Å². The van der Waals surface area contributed by atoms with Crippen molar-refractivity contribution in [1.82, 2.24) is 29.8 Å². The molecule has 42 heavy (non-hydrogen) atoms. The fraction of sp³-hybridized carbons (Fsp3) is 0.276. The number of hydrogen-bond acceptors (Lipinski definition) is 7. The number of nitrogens with zero attached hydrogens (tertiary/aromatic N) is 9. The molecule has 5 rings (SSSR count). The monoisotopic (exact) mass is 604 g/mol. The van der Waals surface area contributed by atoms with Gasteiger partial charge in [0, 0.05) is 48.2 Å². The molecule has 0 amide bonds. The number of anilines is 1. The molecule has 4 aromatic rings. The standard InChI is InChI=1S/C19H23FN4OS.C10H9N5.Na/c1-6-24(7-2)18-21-12-15(13-22-18)17(23-26(25)19(3,4)5)14-8-10-16(20)11-9-14;1-14-5-9(3-12-14)8-2-10-4-11-7-13-15(10)6-8;/h8-13H,1-2,6-7H2,3-5H3;2-3,5-8H,1H3;/q-2;;+1/b23-17-;;/t26-;;/m0../s1/i1D2,2D2,6D2,7D2;;. The van der Waals surface area contributed by atoms with Gasteiger partial charge in [0.2, 0.25) is 5.95 Å². The van der Waals surface area contributed by atoms with Crippen molar-refractivity contribution in [1.29, 1.82) is 0 Å². The maximum Gasteiger partial charge on any atom is 1.00 e. The van der Waals surface area contributed by atoms with Crippen molar-refractivity contribution in [3.05, 3.63) is 109 Å². The van der Waals surface area contributed by atoms with Gasteiger partial charge in [-0.1, -0.05) is 15.5 Å². The second-order valence-electron chi connectivity index (χ2n) is 9.63. The van der Waals surface area contributed by atoms with Gasteiger partial charge in [0.25, 0.3) is 0 Å². The summed E-state index contributed by atoms with van der Waals surface area (Å²) in [5, 5.41) is 9.14. The molecule has 10 nitrogen and oxygen atoms in total. The van der Waals surface area contributed by atoms with Crippen molar-refractivity contribution in [2.24, 2.45) is 11.4 Å². The molecule has 0 radical (unpaired) electrons. The first-order chi connectivity index (χ1) is 22.8. The maximum absolute atomic E-state index is 13.4. The molecule has 0 N–H and O–H groups in total. The Balaban J connectivity index is 0.000000348. The average Bonchev–Trinajstić information content (AvgIpc) is 3.66. The van der Waals surface area contributed by atoms with Crippen LogP contribution in [0.5, 0.6) is 0 Å². The van der Waals surface area contributed by atoms with E-state index in [1.807, 2.05) is 25.7 Å². The molecule has 1 aliphatic rings. The number of benzene rings is 1. The zero-order chi connectivity index (χ0) is 36.3. The summed E-state index contributed by atoms with van der Waals surface area (Å²) in [4.78, 5) is 11.9. The fourth-order valence-electron chi connectivity index (χ4n) is 3.47. The minimum Gasteiger partial charge on any atom is -0.401 e. The van der Waals surface area contributed by atoms with Gasteiger partial charge in [0.05, 0.1) is 23.0 Å². The van der Waals surface area contributed by atoms with Gasteiger partial charge in [0.15, 0.2) is 6.21 Å². The van der Waals surface area contributed by atoms with E-state index in [1.54, 1.807) is 29.8 Å². The molecule has 0 spiro atoms. The van der Waals surface area contributed by atoms with Crippen molar-refractivity contribution >= 4 is 28.7 Å². The zero-order valence-corrected chi connectivity index (χ0v) is 26.5. The molecule has 0 fully saturated rings. The van der Waals surface area contributed by atoms with Gasteiger partial charge in [-0.25, -0.2) is 24.1 Å². The Hall–Kier alpha value is -3.19. The van der Waals surface area contributed by atoms with Crippen LogP contribution in [-0.4, -0.2) is 57.5 Å². The maximum atomic E-state index is 13.4. The van der Waals surface area contributed by atoms with E-state index in [-0.39, 0.29) is 51.7 Å². The molecule has 0 aliphatic carbocycles. The third kappa shape index (κ3) is 8.43. The minimum atomic E-state index is -3.08. The van der Waals surface area contributed by atoms with E-state index in [2.05, 4.69) is 41.8 Å². The third-order valence-corrected chi connectivity index (χ3v) is 6.96. The summed E-state index contributed by atoms with van der Waals surface area (Å²) in [6.45, 7) is -3.70. The van der Waals surface area contributed by atoms with Crippen LogP contribution in [-0.2, 0) is 18.0 Å². The fourth-order valence-corrected chi connectivity index (χ4v) is 4.12. The molecular weight excluding hydrogens is 564 g/mol. The summed E-state index contributed by atoms with van der Waals surface area (Å²) >= 11 is 0. The first kappa shape index (κ1) is 23.3. The molecule has 3 aromatic heterocycles. The average molecular weight is 605 g/mol. The smallest absolute Gasteiger partial charge is 0.401 e. The molecule has 214 valence electrons. The van der Waals surface area contributed by atoms with Gasteiger partial charge >= 0.3 is 29.6 Å². The summed E-state index contributed by atoms with van der Waals surface area (Å²) < 4.78 is 94.6. The Morgan fingerprint density at radius 1 is 1.21 bits per heavy atom. The van der Waals surface area contributed by atoms with Gasteiger partial charge in [-0.05, 0) is 56.8 Å². The van der Waals surface area contributed by atoms with Crippen LogP contribution >= 0.6 is 0 Å². The number of hydrogen-bond donors (Lipinski definition) is 0. The van der Waals surface area contributed by atoms with Gasteiger partial charge in [0.1, 0.15) is 22.2 Å². The Morgan fingerprint density at radius 3 is 2.48 bits per heavy atom. The molecule has 4 heterocycles. The predicted octanol–water partition coefficient (Wildman–Crippen LogP) is -0.721. The van der Waals surface area contributed by atoms with Gasteiger partial charge in [-0.15, -0.1) is 13.0 Å². The molecule has 1 aliphatic heterocycles. The van der Waals surface area contributed by atoms with E-state index < -0.39 is 54.2 Å². The van der Waals surface area contributed by atoms with Crippen LogP contribution in [0.15, 0.2) is 59.8 Å². The number of aryl methyl sites for hydroxylation is 1. The molecule has 0 bridgehead atoms. The number of halogens is 1. The van der Waals surface area contributed by atoms with Crippen molar-refractivity contribution in [2.75, 3.05) is 17.9 Å². The summed E-state index contributed by atoms with van der Waals surface area (Å²) in [7, 11) is 0.181. The van der Waals surface area contributed by atoms with E-state index >= 15 is 0 Å². The SMILES string of the molecule is Cn1cc(C2C=c3[c-]ncn[n+]3=C2)cn1.[2H][C-]([2H])C([2H])([2H])N(c1ncc(/C(=N\[S@@](=O)C(C)(C)C)c2ccc(F)cc2)cn1)C([2H])([2H])[C-]([2H])[2H].[Na+]. The van der Waals surface area contributed by atoms with Gasteiger partial charge in [-0.2, -0.15) is 9.50 Å². The Morgan fingerprint density at radius 2 is 1.90 bits per heavy atom. The number of aromatic nitrogens is 7. The molecule has 1 unspecified atom stereocenters. The Bertz CT molecular complexity index is 1890. The molecular formula is C29H32FN9NaOS-. The normalized spacial score (nSPS) is 18.5. The third-order valence-electron chi connectivity index (χ3n) is 5.56. The van der Waals surface area contributed by atoms with Gasteiger partial charge in [-0.3, -0.25) is 4.68 Å². The summed E-state index contributed by atoms with van der Waals surface area (Å²) in [5.74, 6) is -0.919. The largest absolute Gasteiger partial charge is 1.00 e. The second-order valence-corrected chi connectivity index (χ2v) is 11.5. The number of fused-ring (bicyclic) bond motifs is 1. The van der Waals surface area contributed by atoms with Gasteiger partial charge < -0.3 is 23.6 Å². The molecule has 13 heteroatoms. The second kappa shape index (κ2) is 14.8. The first-order valence-corrected chi connectivity index (χ1v) is 13.3. The van der Waals surface area contributed by atoms with Crippen LogP contribution in [0.3, 0.4) is 0 Å². The predicted molar refractivity (Wildman–Crippen MR) is 156 cm³/mol. The van der Waals surface area contributed by atoms with E-state index in [1.165, 1.54) is 30.6 Å². The van der Waals surface area contributed by atoms with E-state index in [4.69, 9.17) is 11.0 Å². The van der Waals surface area contributed by atoms with E-state index in [0.717, 1.165) is 23.3 Å². The van der Waals surface area contributed by atoms with Crippen molar-refractivity contribution in [3.8, 4) is 0 Å². The minimum absolute atomic E-state index is 0. The van der Waals surface area contributed by atoms with Crippen molar-refractivity contribution in [3.63, 3.8) is 0 Å². The quantitative estimate of drug-likeness (QED) is 0.107. The molecule has 0 saturated carbocycles. The molecule has 0 saturated heterocycles. The zero-order valence-electron chi connectivity index (χ0n) is 31.6. The van der Waals surface area contributed by atoms with E-state index in [0.29, 0.717) is 5.56 Å². The Kier molecular flexibility index (Phi) is 8.21. The summed E-state index contributed by atoms with van der Waals surface area (Å²) in [6, 6.07) is 5.19. The van der Waals surface area contributed by atoms with Crippen LogP contribution in [0.25, 0.3) is 6.08 Å². The molecule has 1 aromatic carbocycles.